The summed E-state index contributed by atoms with van der Waals surface area (Å²) < 4.78 is 28.0. The van der Waals surface area contributed by atoms with Gasteiger partial charge in [0, 0.05) is 0 Å². The minimum atomic E-state index is -3.31. The molecule has 0 aliphatic heterocycles. The van der Waals surface area contributed by atoms with E-state index in [1.165, 1.54) is 0 Å². The Hall–Kier alpha value is 0.836. The molecule has 0 rings (SSSR count). The van der Waals surface area contributed by atoms with Crippen molar-refractivity contribution in [2.75, 3.05) is 19.8 Å². The molecule has 0 saturated heterocycles. The van der Waals surface area contributed by atoms with Gasteiger partial charge in [0.05, 0.1) is 19.8 Å². The van der Waals surface area contributed by atoms with Crippen molar-refractivity contribution in [2.45, 2.75) is 59.3 Å². The second kappa shape index (κ2) is 16.9. The summed E-state index contributed by atoms with van der Waals surface area (Å²) in [5.41, 5.74) is 0. The Morgan fingerprint density at radius 3 is 1.26 bits per heavy atom. The van der Waals surface area contributed by atoms with Crippen LogP contribution >= 0.6 is 7.82 Å². The molecule has 0 saturated carbocycles. The molecule has 0 aromatic heterocycles. The Morgan fingerprint density at radius 1 is 0.789 bits per heavy atom. The van der Waals surface area contributed by atoms with Gasteiger partial charge in [0.25, 0.3) is 0 Å². The first-order valence-electron chi connectivity index (χ1n) is 6.72. The van der Waals surface area contributed by atoms with Crippen LogP contribution in [0.15, 0.2) is 0 Å². The molecule has 0 heterocycles. The van der Waals surface area contributed by atoms with Gasteiger partial charge in [0.1, 0.15) is 0 Å². The van der Waals surface area contributed by atoms with E-state index in [0.717, 1.165) is 38.5 Å². The molecule has 19 heavy (non-hydrogen) atoms. The van der Waals surface area contributed by atoms with Gasteiger partial charge in [-0.3, -0.25) is 13.6 Å². The number of phosphoric ester groups is 1. The molecule has 0 aromatic rings. The fourth-order valence-corrected chi connectivity index (χ4v) is 2.36. The van der Waals surface area contributed by atoms with Crippen LogP contribution in [0.2, 0.25) is 0 Å². The summed E-state index contributed by atoms with van der Waals surface area (Å²) in [5, 5.41) is 0. The van der Waals surface area contributed by atoms with Gasteiger partial charge in [-0.15, -0.1) is 0 Å². The van der Waals surface area contributed by atoms with E-state index < -0.39 is 7.82 Å². The molecular weight excluding hydrogens is 279 g/mol. The van der Waals surface area contributed by atoms with E-state index in [9.17, 15) is 4.57 Å². The van der Waals surface area contributed by atoms with Gasteiger partial charge in [0.15, 0.2) is 0 Å². The van der Waals surface area contributed by atoms with Crippen LogP contribution in [-0.2, 0) is 18.1 Å². The number of hydrogen-bond acceptors (Lipinski definition) is 4. The maximum Gasteiger partial charge on any atom is 2.00 e. The van der Waals surface area contributed by atoms with Crippen LogP contribution in [-0.4, -0.2) is 48.3 Å². The molecule has 0 unspecified atom stereocenters. The van der Waals surface area contributed by atoms with Gasteiger partial charge in [-0.2, -0.15) is 0 Å². The number of unbranched alkanes of at least 4 members (excludes halogenated alkanes) is 3. The molecule has 0 aliphatic rings. The van der Waals surface area contributed by atoms with Crippen molar-refractivity contribution in [3.63, 3.8) is 0 Å². The average molecular weight is 311 g/mol. The molecule has 0 aliphatic carbocycles. The minimum absolute atomic E-state index is 0. The predicted molar refractivity (Wildman–Crippen MR) is 81.8 cm³/mol. The fourth-order valence-electron chi connectivity index (χ4n) is 1.07. The fraction of sp³-hybridized carbons (Fsp3) is 1.00. The van der Waals surface area contributed by atoms with Crippen LogP contribution in [0.3, 0.4) is 0 Å². The molecule has 0 fully saturated rings. The maximum atomic E-state index is 12.2. The summed E-state index contributed by atoms with van der Waals surface area (Å²) in [6, 6.07) is 0. The molecule has 116 valence electrons. The second-order valence-electron chi connectivity index (χ2n) is 4.01. The molecular formula is C12H31MgO5P. The average Bonchev–Trinajstić information content (AvgIpc) is 2.30. The first-order chi connectivity index (χ1) is 8.18. The molecule has 0 radical (unpaired) electrons. The number of phosphoric acid groups is 1. The molecule has 0 bridgehead atoms. The Balaban J connectivity index is -0.000000213. The smallest absolute Gasteiger partial charge is 1.00 e. The van der Waals surface area contributed by atoms with Crippen LogP contribution in [0.5, 0.6) is 0 Å². The van der Waals surface area contributed by atoms with Gasteiger partial charge in [-0.25, -0.2) is 4.57 Å². The zero-order chi connectivity index (χ0) is 13.0. The molecule has 0 atom stereocenters. The van der Waals surface area contributed by atoms with Crippen LogP contribution < -0.4 is 0 Å². The summed E-state index contributed by atoms with van der Waals surface area (Å²) >= 11 is 0. The van der Waals surface area contributed by atoms with Gasteiger partial charge >= 0.3 is 30.9 Å². The second-order valence-corrected chi connectivity index (χ2v) is 5.68. The summed E-state index contributed by atoms with van der Waals surface area (Å²) in [6.45, 7) is 7.49. The van der Waals surface area contributed by atoms with Gasteiger partial charge < -0.3 is 8.33 Å². The zero-order valence-corrected chi connectivity index (χ0v) is 15.0. The van der Waals surface area contributed by atoms with E-state index in [4.69, 9.17) is 13.6 Å². The van der Waals surface area contributed by atoms with E-state index in [-0.39, 0.29) is 31.4 Å². The van der Waals surface area contributed by atoms with Gasteiger partial charge in [-0.1, -0.05) is 40.0 Å². The normalized spacial score (nSPS) is 10.7. The first kappa shape index (κ1) is 24.8. The summed E-state index contributed by atoms with van der Waals surface area (Å²) in [5.74, 6) is 0. The Morgan fingerprint density at radius 2 is 1.05 bits per heavy atom. The SMILES string of the molecule is CCCCOP(=O)(OCCCC)OCCCC.O.[H-].[H-].[Mg+2]. The van der Waals surface area contributed by atoms with Crippen molar-refractivity contribution in [3.05, 3.63) is 0 Å². The van der Waals surface area contributed by atoms with Gasteiger partial charge in [-0.05, 0) is 19.3 Å². The Labute approximate surface area is 136 Å². The summed E-state index contributed by atoms with van der Waals surface area (Å²) in [7, 11) is -3.31. The van der Waals surface area contributed by atoms with Crippen LogP contribution in [0.25, 0.3) is 0 Å². The van der Waals surface area contributed by atoms with E-state index in [1.54, 1.807) is 0 Å². The molecule has 5 nitrogen and oxygen atoms in total. The summed E-state index contributed by atoms with van der Waals surface area (Å²) in [6.07, 6.45) is 5.63. The van der Waals surface area contributed by atoms with Crippen LogP contribution in [0, 0.1) is 0 Å². The van der Waals surface area contributed by atoms with Crippen LogP contribution in [0.4, 0.5) is 0 Å². The zero-order valence-electron chi connectivity index (χ0n) is 14.7. The molecule has 7 heteroatoms. The predicted octanol–water partition coefficient (Wildman–Crippen LogP) is 3.56. The molecule has 0 spiro atoms. The van der Waals surface area contributed by atoms with Crippen molar-refractivity contribution >= 4 is 30.9 Å². The van der Waals surface area contributed by atoms with Crippen molar-refractivity contribution in [3.8, 4) is 0 Å². The van der Waals surface area contributed by atoms with E-state index in [0.29, 0.717) is 19.8 Å². The van der Waals surface area contributed by atoms with E-state index in [2.05, 4.69) is 20.8 Å². The third-order valence-corrected chi connectivity index (χ3v) is 3.74. The number of rotatable bonds is 12. The largest absolute Gasteiger partial charge is 2.00 e. The summed E-state index contributed by atoms with van der Waals surface area (Å²) in [4.78, 5) is 0. The number of hydrogen-bond donors (Lipinski definition) is 0. The van der Waals surface area contributed by atoms with Gasteiger partial charge in [0.2, 0.25) is 0 Å². The van der Waals surface area contributed by atoms with E-state index >= 15 is 0 Å². The quantitative estimate of drug-likeness (QED) is 0.314. The Bertz CT molecular complexity index is 193. The van der Waals surface area contributed by atoms with E-state index in [1.807, 2.05) is 0 Å². The van der Waals surface area contributed by atoms with Crippen LogP contribution in [0.1, 0.15) is 62.1 Å². The topological polar surface area (TPSA) is 76.3 Å². The first-order valence-corrected chi connectivity index (χ1v) is 8.18. The Kier molecular flexibility index (Phi) is 22.1. The van der Waals surface area contributed by atoms with Crippen molar-refractivity contribution in [1.29, 1.82) is 0 Å². The van der Waals surface area contributed by atoms with Crippen molar-refractivity contribution < 1.29 is 26.5 Å². The monoisotopic (exact) mass is 310 g/mol. The van der Waals surface area contributed by atoms with Crippen molar-refractivity contribution in [2.24, 2.45) is 0 Å². The molecule has 0 amide bonds. The third-order valence-electron chi connectivity index (χ3n) is 2.24. The maximum absolute atomic E-state index is 12.2. The molecule has 2 N–H and O–H groups in total. The minimum Gasteiger partial charge on any atom is -1.00 e. The standard InChI is InChI=1S/C12H27O4P.Mg.H2O.2H/c1-4-7-10-14-17(13,15-11-8-5-2)16-12-9-6-3;;;;/h4-12H2,1-3H3;;1H2;;/q;+2;;2*-1. The molecule has 0 aromatic carbocycles. The van der Waals surface area contributed by atoms with Crippen molar-refractivity contribution in [1.82, 2.24) is 0 Å². The third kappa shape index (κ3) is 15.0.